The van der Waals surface area contributed by atoms with Crippen LogP contribution >= 0.6 is 11.5 Å². The summed E-state index contributed by atoms with van der Waals surface area (Å²) in [5.41, 5.74) is 3.19. The minimum atomic E-state index is -0.312. The van der Waals surface area contributed by atoms with E-state index >= 15 is 0 Å². The van der Waals surface area contributed by atoms with Crippen LogP contribution in [-0.2, 0) is 7.05 Å². The van der Waals surface area contributed by atoms with Gasteiger partial charge in [0.15, 0.2) is 5.76 Å². The van der Waals surface area contributed by atoms with Crippen molar-refractivity contribution >= 4 is 23.1 Å². The molecule has 1 amide bonds. The maximum Gasteiger partial charge on any atom is 0.291 e. The molecule has 7 heteroatoms. The van der Waals surface area contributed by atoms with Crippen LogP contribution in [0.25, 0.3) is 22.6 Å². The predicted octanol–water partition coefficient (Wildman–Crippen LogP) is 4.06. The van der Waals surface area contributed by atoms with E-state index in [9.17, 15) is 4.79 Å². The first-order chi connectivity index (χ1) is 12.2. The Kier molecular flexibility index (Phi) is 3.91. The lowest BCUT2D eigenvalue weighted by atomic mass is 10.1. The first-order valence-corrected chi connectivity index (χ1v) is 8.44. The van der Waals surface area contributed by atoms with E-state index in [0.29, 0.717) is 11.4 Å². The monoisotopic (exact) mass is 350 g/mol. The standard InChI is InChI=1S/C18H14N4O2S/c1-22-10-13(9-19-22)15-7-8-16(24-15)18(23)20-14-11-25-21-17(14)12-5-3-2-4-6-12/h2-11H,1H3,(H,20,23). The summed E-state index contributed by atoms with van der Waals surface area (Å²) >= 11 is 1.30. The first-order valence-electron chi connectivity index (χ1n) is 7.61. The highest BCUT2D eigenvalue weighted by Crippen LogP contribution is 2.29. The van der Waals surface area contributed by atoms with Crippen LogP contribution in [0.2, 0.25) is 0 Å². The van der Waals surface area contributed by atoms with Crippen LogP contribution in [0.4, 0.5) is 5.69 Å². The fraction of sp³-hybridized carbons (Fsp3) is 0.0556. The van der Waals surface area contributed by atoms with E-state index in [-0.39, 0.29) is 11.7 Å². The number of anilines is 1. The number of aryl methyl sites for hydroxylation is 1. The normalized spacial score (nSPS) is 10.8. The third kappa shape index (κ3) is 3.09. The van der Waals surface area contributed by atoms with Crippen LogP contribution in [0.15, 0.2) is 64.7 Å². The largest absolute Gasteiger partial charge is 0.451 e. The number of hydrogen-bond donors (Lipinski definition) is 1. The summed E-state index contributed by atoms with van der Waals surface area (Å²) in [5, 5.41) is 8.78. The van der Waals surface area contributed by atoms with Crippen LogP contribution in [0.3, 0.4) is 0 Å². The second-order valence-corrected chi connectivity index (χ2v) is 6.09. The Balaban J connectivity index is 1.56. The molecule has 124 valence electrons. The number of rotatable bonds is 4. The molecule has 3 heterocycles. The van der Waals surface area contributed by atoms with Gasteiger partial charge in [0.1, 0.15) is 11.5 Å². The molecule has 0 aliphatic heterocycles. The van der Waals surface area contributed by atoms with Crippen molar-refractivity contribution in [3.05, 3.63) is 66.0 Å². The maximum atomic E-state index is 12.5. The topological polar surface area (TPSA) is 73.0 Å². The van der Waals surface area contributed by atoms with Gasteiger partial charge in [-0.1, -0.05) is 30.3 Å². The number of nitrogens with zero attached hydrogens (tertiary/aromatic N) is 3. The number of furan rings is 1. The van der Waals surface area contributed by atoms with Crippen LogP contribution in [0, 0.1) is 0 Å². The van der Waals surface area contributed by atoms with Crippen LogP contribution < -0.4 is 5.32 Å². The Bertz CT molecular complexity index is 1020. The van der Waals surface area contributed by atoms with Gasteiger partial charge in [0.25, 0.3) is 5.91 Å². The van der Waals surface area contributed by atoms with E-state index in [1.54, 1.807) is 23.0 Å². The lowest BCUT2D eigenvalue weighted by Crippen LogP contribution is -2.10. The van der Waals surface area contributed by atoms with Gasteiger partial charge in [-0.2, -0.15) is 9.47 Å². The van der Waals surface area contributed by atoms with Crippen molar-refractivity contribution < 1.29 is 9.21 Å². The molecule has 0 saturated carbocycles. The van der Waals surface area contributed by atoms with Gasteiger partial charge in [0.2, 0.25) is 0 Å². The van der Waals surface area contributed by atoms with Crippen molar-refractivity contribution in [2.45, 2.75) is 0 Å². The molecule has 0 fully saturated rings. The van der Waals surface area contributed by atoms with Crippen molar-refractivity contribution in [3.8, 4) is 22.6 Å². The summed E-state index contributed by atoms with van der Waals surface area (Å²) in [6, 6.07) is 13.1. The highest BCUT2D eigenvalue weighted by atomic mass is 32.1. The number of nitrogens with one attached hydrogen (secondary N) is 1. The highest BCUT2D eigenvalue weighted by Gasteiger charge is 2.16. The summed E-state index contributed by atoms with van der Waals surface area (Å²) in [4.78, 5) is 12.5. The molecule has 0 aliphatic carbocycles. The molecule has 4 rings (SSSR count). The zero-order valence-electron chi connectivity index (χ0n) is 13.3. The number of hydrogen-bond acceptors (Lipinski definition) is 5. The molecule has 0 atom stereocenters. The van der Waals surface area contributed by atoms with Gasteiger partial charge in [-0.25, -0.2) is 0 Å². The molecule has 0 unspecified atom stereocenters. The molecule has 6 nitrogen and oxygen atoms in total. The predicted molar refractivity (Wildman–Crippen MR) is 96.4 cm³/mol. The number of amides is 1. The summed E-state index contributed by atoms with van der Waals surface area (Å²) < 4.78 is 11.7. The van der Waals surface area contributed by atoms with Gasteiger partial charge >= 0.3 is 0 Å². The Morgan fingerprint density at radius 3 is 2.76 bits per heavy atom. The molecule has 0 aliphatic rings. The summed E-state index contributed by atoms with van der Waals surface area (Å²) in [7, 11) is 1.83. The third-order valence-electron chi connectivity index (χ3n) is 3.68. The van der Waals surface area contributed by atoms with E-state index in [2.05, 4.69) is 14.8 Å². The van der Waals surface area contributed by atoms with Crippen molar-refractivity contribution in [1.29, 1.82) is 0 Å². The molecule has 0 spiro atoms. The van der Waals surface area contributed by atoms with Crippen molar-refractivity contribution in [3.63, 3.8) is 0 Å². The van der Waals surface area contributed by atoms with Gasteiger partial charge < -0.3 is 9.73 Å². The molecular weight excluding hydrogens is 336 g/mol. The fourth-order valence-corrected chi connectivity index (χ4v) is 3.11. The molecule has 3 aromatic heterocycles. The second-order valence-electron chi connectivity index (χ2n) is 5.46. The van der Waals surface area contributed by atoms with Gasteiger partial charge in [0.05, 0.1) is 17.4 Å². The van der Waals surface area contributed by atoms with Crippen LogP contribution in [-0.4, -0.2) is 20.1 Å². The minimum Gasteiger partial charge on any atom is -0.451 e. The van der Waals surface area contributed by atoms with E-state index in [1.807, 2.05) is 49.0 Å². The van der Waals surface area contributed by atoms with E-state index in [0.717, 1.165) is 16.8 Å². The average Bonchev–Trinajstić information content (AvgIpc) is 3.35. The summed E-state index contributed by atoms with van der Waals surface area (Å²) in [6.45, 7) is 0. The molecule has 0 saturated heterocycles. The molecule has 4 aromatic rings. The first kappa shape index (κ1) is 15.3. The van der Waals surface area contributed by atoms with Crippen molar-refractivity contribution in [1.82, 2.24) is 14.2 Å². The number of carbonyl (C=O) groups excluding carboxylic acids is 1. The molecule has 0 bridgehead atoms. The van der Waals surface area contributed by atoms with Gasteiger partial charge in [0, 0.05) is 24.2 Å². The van der Waals surface area contributed by atoms with Gasteiger partial charge in [-0.05, 0) is 23.7 Å². The Morgan fingerprint density at radius 2 is 2.00 bits per heavy atom. The molecule has 1 aromatic carbocycles. The van der Waals surface area contributed by atoms with Crippen LogP contribution in [0.5, 0.6) is 0 Å². The summed E-state index contributed by atoms with van der Waals surface area (Å²) in [6.07, 6.45) is 3.52. The lowest BCUT2D eigenvalue weighted by molar-refractivity contribution is 0.0997. The minimum absolute atomic E-state index is 0.240. The quantitative estimate of drug-likeness (QED) is 0.602. The maximum absolute atomic E-state index is 12.5. The van der Waals surface area contributed by atoms with Gasteiger partial charge in [-0.3, -0.25) is 9.48 Å². The molecule has 1 N–H and O–H groups in total. The highest BCUT2D eigenvalue weighted by molar-refractivity contribution is 7.04. The third-order valence-corrected chi connectivity index (χ3v) is 4.31. The SMILES string of the molecule is Cn1cc(-c2ccc(C(=O)Nc3csnc3-c3ccccc3)o2)cn1. The van der Waals surface area contributed by atoms with Crippen LogP contribution in [0.1, 0.15) is 10.6 Å². The Morgan fingerprint density at radius 1 is 1.16 bits per heavy atom. The van der Waals surface area contributed by atoms with E-state index in [4.69, 9.17) is 4.42 Å². The smallest absolute Gasteiger partial charge is 0.291 e. The number of benzene rings is 1. The van der Waals surface area contributed by atoms with E-state index in [1.165, 1.54) is 11.5 Å². The zero-order valence-corrected chi connectivity index (χ0v) is 14.2. The van der Waals surface area contributed by atoms with Crippen molar-refractivity contribution in [2.75, 3.05) is 5.32 Å². The fourth-order valence-electron chi connectivity index (χ4n) is 2.48. The molecule has 25 heavy (non-hydrogen) atoms. The Labute approximate surface area is 147 Å². The van der Waals surface area contributed by atoms with Gasteiger partial charge in [-0.15, -0.1) is 0 Å². The van der Waals surface area contributed by atoms with E-state index < -0.39 is 0 Å². The molecule has 0 radical (unpaired) electrons. The number of aromatic nitrogens is 3. The lowest BCUT2D eigenvalue weighted by Gasteiger charge is -2.04. The molecular formula is C18H14N4O2S. The number of carbonyl (C=O) groups is 1. The average molecular weight is 350 g/mol. The second kappa shape index (κ2) is 6.37. The van der Waals surface area contributed by atoms with Crippen molar-refractivity contribution in [2.24, 2.45) is 7.05 Å². The Hall–Kier alpha value is -3.19. The zero-order chi connectivity index (χ0) is 17.2. The summed E-state index contributed by atoms with van der Waals surface area (Å²) in [5.74, 6) is 0.529.